The zero-order valence-corrected chi connectivity index (χ0v) is 14.9. The molecule has 0 aliphatic heterocycles. The molecule has 1 aliphatic carbocycles. The van der Waals surface area contributed by atoms with Gasteiger partial charge in [-0.25, -0.2) is 15.0 Å². The first-order valence-corrected chi connectivity index (χ1v) is 9.06. The van der Waals surface area contributed by atoms with Crippen LogP contribution >= 0.6 is 0 Å². The topological polar surface area (TPSA) is 89.7 Å². The Morgan fingerprint density at radius 3 is 3.00 bits per heavy atom. The van der Waals surface area contributed by atoms with Crippen molar-refractivity contribution < 1.29 is 9.26 Å². The predicted octanol–water partition coefficient (Wildman–Crippen LogP) is 3.60. The summed E-state index contributed by atoms with van der Waals surface area (Å²) in [4.78, 5) is 16.0. The van der Waals surface area contributed by atoms with Crippen LogP contribution in [0.2, 0.25) is 0 Å². The van der Waals surface area contributed by atoms with Crippen molar-refractivity contribution in [1.82, 2.24) is 25.1 Å². The Labute approximate surface area is 155 Å². The molecule has 7 heteroatoms. The zero-order valence-electron chi connectivity index (χ0n) is 14.9. The summed E-state index contributed by atoms with van der Waals surface area (Å²) in [6.07, 6.45) is 8.30. The quantitative estimate of drug-likeness (QED) is 0.564. The van der Waals surface area contributed by atoms with E-state index in [-0.39, 0.29) is 5.92 Å². The SMILES string of the molecule is COc1nccc(CC(c2cnc[nH]2)c2cccc3c(C4CC4)noc23)n1. The van der Waals surface area contributed by atoms with Crippen molar-refractivity contribution in [2.75, 3.05) is 7.11 Å². The number of rotatable bonds is 6. The second-order valence-electron chi connectivity index (χ2n) is 6.86. The molecule has 4 aromatic rings. The summed E-state index contributed by atoms with van der Waals surface area (Å²) in [5, 5.41) is 5.48. The number of aromatic nitrogens is 5. The molecule has 1 saturated carbocycles. The highest BCUT2D eigenvalue weighted by Crippen LogP contribution is 2.44. The van der Waals surface area contributed by atoms with Gasteiger partial charge in [0.1, 0.15) is 0 Å². The third-order valence-corrected chi connectivity index (χ3v) is 5.08. The van der Waals surface area contributed by atoms with E-state index in [1.807, 2.05) is 12.3 Å². The molecule has 0 amide bonds. The summed E-state index contributed by atoms with van der Waals surface area (Å²) in [5.41, 5.74) is 4.90. The standard InChI is InChI=1S/C20H19N5O2/c1-26-20-22-8-7-13(24-20)9-16(17-10-21-11-23-17)14-3-2-4-15-18(12-5-6-12)25-27-19(14)15/h2-4,7-8,10-12,16H,5-6,9H2,1H3,(H,21,23). The van der Waals surface area contributed by atoms with E-state index in [1.165, 1.54) is 12.8 Å². The molecular weight excluding hydrogens is 342 g/mol. The Morgan fingerprint density at radius 1 is 1.30 bits per heavy atom. The van der Waals surface area contributed by atoms with E-state index >= 15 is 0 Å². The van der Waals surface area contributed by atoms with Crippen LogP contribution in [0.25, 0.3) is 11.0 Å². The molecule has 1 aromatic carbocycles. The summed E-state index contributed by atoms with van der Waals surface area (Å²) in [6.45, 7) is 0. The Hall–Kier alpha value is -3.22. The van der Waals surface area contributed by atoms with Gasteiger partial charge in [-0.05, 0) is 25.0 Å². The molecule has 0 radical (unpaired) electrons. The molecule has 0 saturated heterocycles. The monoisotopic (exact) mass is 361 g/mol. The van der Waals surface area contributed by atoms with Gasteiger partial charge in [0.25, 0.3) is 0 Å². The number of nitrogens with one attached hydrogen (secondary N) is 1. The maximum atomic E-state index is 5.80. The van der Waals surface area contributed by atoms with E-state index in [2.05, 4.69) is 43.3 Å². The van der Waals surface area contributed by atoms with Crippen LogP contribution < -0.4 is 4.74 Å². The summed E-state index contributed by atoms with van der Waals surface area (Å²) in [6, 6.07) is 8.53. The highest BCUT2D eigenvalue weighted by atomic mass is 16.5. The molecule has 27 heavy (non-hydrogen) atoms. The first-order chi connectivity index (χ1) is 13.3. The lowest BCUT2D eigenvalue weighted by atomic mass is 9.90. The second kappa shape index (κ2) is 6.50. The maximum absolute atomic E-state index is 5.80. The van der Waals surface area contributed by atoms with Gasteiger partial charge in [-0.2, -0.15) is 0 Å². The molecule has 1 unspecified atom stereocenters. The highest BCUT2D eigenvalue weighted by molar-refractivity contribution is 5.84. The average molecular weight is 361 g/mol. The fourth-order valence-corrected chi connectivity index (χ4v) is 3.57. The van der Waals surface area contributed by atoms with Gasteiger partial charge in [0.2, 0.25) is 0 Å². The summed E-state index contributed by atoms with van der Waals surface area (Å²) < 4.78 is 11.0. The van der Waals surface area contributed by atoms with Gasteiger partial charge in [0.05, 0.1) is 19.1 Å². The number of H-pyrrole nitrogens is 1. The Kier molecular flexibility index (Phi) is 3.85. The van der Waals surface area contributed by atoms with Crippen molar-refractivity contribution in [2.24, 2.45) is 0 Å². The van der Waals surface area contributed by atoms with Gasteiger partial charge >= 0.3 is 6.01 Å². The molecule has 5 rings (SSSR count). The van der Waals surface area contributed by atoms with E-state index < -0.39 is 0 Å². The largest absolute Gasteiger partial charge is 0.467 e. The molecule has 1 aliphatic rings. The summed E-state index contributed by atoms with van der Waals surface area (Å²) in [5.74, 6) is 0.550. The van der Waals surface area contributed by atoms with Crippen molar-refractivity contribution in [2.45, 2.75) is 31.1 Å². The van der Waals surface area contributed by atoms with E-state index in [1.54, 1.807) is 19.6 Å². The van der Waals surface area contributed by atoms with Crippen LogP contribution in [-0.4, -0.2) is 32.2 Å². The number of hydrogen-bond acceptors (Lipinski definition) is 6. The molecule has 3 heterocycles. The average Bonchev–Trinajstić information content (AvgIpc) is 3.23. The molecule has 0 spiro atoms. The number of nitrogens with zero attached hydrogens (tertiary/aromatic N) is 4. The second-order valence-corrected chi connectivity index (χ2v) is 6.86. The lowest BCUT2D eigenvalue weighted by Gasteiger charge is -2.16. The summed E-state index contributed by atoms with van der Waals surface area (Å²) >= 11 is 0. The molecule has 1 fully saturated rings. The number of aromatic amines is 1. The third kappa shape index (κ3) is 2.95. The lowest BCUT2D eigenvalue weighted by Crippen LogP contribution is -2.08. The van der Waals surface area contributed by atoms with Crippen LogP contribution in [0.5, 0.6) is 6.01 Å². The Bertz CT molecular complexity index is 1070. The number of hydrogen-bond donors (Lipinski definition) is 1. The molecule has 136 valence electrons. The minimum absolute atomic E-state index is 0.0100. The van der Waals surface area contributed by atoms with Crippen LogP contribution in [0, 0.1) is 0 Å². The van der Waals surface area contributed by atoms with Crippen molar-refractivity contribution in [3.05, 3.63) is 65.6 Å². The number of benzene rings is 1. The van der Waals surface area contributed by atoms with Crippen molar-refractivity contribution in [3.8, 4) is 6.01 Å². The van der Waals surface area contributed by atoms with E-state index in [4.69, 9.17) is 9.26 Å². The van der Waals surface area contributed by atoms with Crippen LogP contribution in [0.3, 0.4) is 0 Å². The number of imidazole rings is 1. The van der Waals surface area contributed by atoms with Crippen molar-refractivity contribution in [3.63, 3.8) is 0 Å². The van der Waals surface area contributed by atoms with Gasteiger partial charge in [-0.1, -0.05) is 17.3 Å². The predicted molar refractivity (Wildman–Crippen MR) is 98.7 cm³/mol. The molecule has 0 bridgehead atoms. The van der Waals surface area contributed by atoms with Crippen LogP contribution in [0.4, 0.5) is 0 Å². The molecular formula is C20H19N5O2. The van der Waals surface area contributed by atoms with Gasteiger partial charge in [0, 0.05) is 53.0 Å². The van der Waals surface area contributed by atoms with Crippen molar-refractivity contribution >= 4 is 11.0 Å². The fourth-order valence-electron chi connectivity index (χ4n) is 3.57. The van der Waals surface area contributed by atoms with Gasteiger partial charge in [0.15, 0.2) is 5.58 Å². The van der Waals surface area contributed by atoms with E-state index in [0.29, 0.717) is 18.3 Å². The molecule has 1 N–H and O–H groups in total. The van der Waals surface area contributed by atoms with E-state index in [0.717, 1.165) is 33.6 Å². The van der Waals surface area contributed by atoms with E-state index in [9.17, 15) is 0 Å². The normalized spacial score (nSPS) is 15.1. The lowest BCUT2D eigenvalue weighted by molar-refractivity contribution is 0.377. The third-order valence-electron chi connectivity index (χ3n) is 5.08. The minimum atomic E-state index is 0.0100. The van der Waals surface area contributed by atoms with Crippen LogP contribution in [-0.2, 0) is 6.42 Å². The summed E-state index contributed by atoms with van der Waals surface area (Å²) in [7, 11) is 1.57. The number of ether oxygens (including phenoxy) is 1. The number of para-hydroxylation sites is 1. The van der Waals surface area contributed by atoms with Crippen LogP contribution in [0.1, 0.15) is 47.3 Å². The molecule has 1 atom stereocenters. The smallest absolute Gasteiger partial charge is 0.316 e. The number of methoxy groups -OCH3 is 1. The first kappa shape index (κ1) is 16.0. The van der Waals surface area contributed by atoms with Crippen molar-refractivity contribution in [1.29, 1.82) is 0 Å². The first-order valence-electron chi connectivity index (χ1n) is 9.06. The maximum Gasteiger partial charge on any atom is 0.316 e. The zero-order chi connectivity index (χ0) is 18.2. The number of fused-ring (bicyclic) bond motifs is 1. The highest BCUT2D eigenvalue weighted by Gasteiger charge is 2.30. The van der Waals surface area contributed by atoms with Gasteiger partial charge < -0.3 is 14.2 Å². The fraction of sp³-hybridized carbons (Fsp3) is 0.300. The molecule has 7 nitrogen and oxygen atoms in total. The Morgan fingerprint density at radius 2 is 2.22 bits per heavy atom. The van der Waals surface area contributed by atoms with Crippen LogP contribution in [0.15, 0.2) is 47.5 Å². The Balaban J connectivity index is 1.60. The minimum Gasteiger partial charge on any atom is -0.467 e. The van der Waals surface area contributed by atoms with Gasteiger partial charge in [-0.3, -0.25) is 0 Å². The van der Waals surface area contributed by atoms with Gasteiger partial charge in [-0.15, -0.1) is 0 Å². The molecule has 3 aromatic heterocycles.